The molecule has 0 aliphatic carbocycles. The Kier molecular flexibility index (Phi) is 5.17. The standard InChI is InChI=1S/C15H21ClN4/c1-3-20-11-18-9-15(20)14(8-17)19(2)10-12-5-4-6-13(16)7-12/h4-7,9,11,14H,3,8,10,17H2,1-2H3. The molecule has 2 rings (SSSR count). The zero-order chi connectivity index (χ0) is 14.5. The number of likely N-dealkylation sites (N-methyl/N-ethyl adjacent to an activating group) is 1. The molecule has 0 spiro atoms. The van der Waals surface area contributed by atoms with Gasteiger partial charge in [0, 0.05) is 30.9 Å². The zero-order valence-electron chi connectivity index (χ0n) is 12.0. The lowest BCUT2D eigenvalue weighted by Gasteiger charge is -2.27. The molecule has 5 heteroatoms. The monoisotopic (exact) mass is 292 g/mol. The number of nitrogens with zero attached hydrogens (tertiary/aromatic N) is 3. The fourth-order valence-electron chi connectivity index (χ4n) is 2.43. The van der Waals surface area contributed by atoms with Crippen LogP contribution in [0.15, 0.2) is 36.8 Å². The second-order valence-corrected chi connectivity index (χ2v) is 5.34. The van der Waals surface area contributed by atoms with Crippen molar-refractivity contribution in [2.75, 3.05) is 13.6 Å². The first-order valence-corrected chi connectivity index (χ1v) is 7.18. The Morgan fingerprint density at radius 1 is 1.45 bits per heavy atom. The number of benzene rings is 1. The van der Waals surface area contributed by atoms with Crippen molar-refractivity contribution in [1.82, 2.24) is 14.5 Å². The van der Waals surface area contributed by atoms with Crippen LogP contribution in [0.1, 0.15) is 24.2 Å². The number of rotatable bonds is 6. The van der Waals surface area contributed by atoms with E-state index in [4.69, 9.17) is 17.3 Å². The molecule has 0 saturated carbocycles. The van der Waals surface area contributed by atoms with Gasteiger partial charge < -0.3 is 10.3 Å². The average molecular weight is 293 g/mol. The highest BCUT2D eigenvalue weighted by atomic mass is 35.5. The van der Waals surface area contributed by atoms with Gasteiger partial charge in [-0.05, 0) is 31.7 Å². The van der Waals surface area contributed by atoms with E-state index in [1.54, 1.807) is 0 Å². The van der Waals surface area contributed by atoms with Crippen LogP contribution in [0.4, 0.5) is 0 Å². The summed E-state index contributed by atoms with van der Waals surface area (Å²) in [6.45, 7) is 4.37. The lowest BCUT2D eigenvalue weighted by atomic mass is 10.1. The van der Waals surface area contributed by atoms with Crippen LogP contribution < -0.4 is 5.73 Å². The van der Waals surface area contributed by atoms with E-state index in [-0.39, 0.29) is 6.04 Å². The summed E-state index contributed by atoms with van der Waals surface area (Å²) in [6.07, 6.45) is 3.75. The van der Waals surface area contributed by atoms with Gasteiger partial charge in [-0.1, -0.05) is 23.7 Å². The number of imidazole rings is 1. The van der Waals surface area contributed by atoms with Gasteiger partial charge in [0.2, 0.25) is 0 Å². The second kappa shape index (κ2) is 6.88. The van der Waals surface area contributed by atoms with Crippen molar-refractivity contribution in [2.24, 2.45) is 5.73 Å². The molecule has 108 valence electrons. The number of halogens is 1. The predicted molar refractivity (Wildman–Crippen MR) is 82.6 cm³/mol. The van der Waals surface area contributed by atoms with Gasteiger partial charge in [0.25, 0.3) is 0 Å². The lowest BCUT2D eigenvalue weighted by molar-refractivity contribution is 0.232. The summed E-state index contributed by atoms with van der Waals surface area (Å²) in [6, 6.07) is 8.07. The molecule has 1 atom stereocenters. The number of nitrogens with two attached hydrogens (primary N) is 1. The minimum atomic E-state index is 0.149. The molecule has 0 saturated heterocycles. The van der Waals surface area contributed by atoms with E-state index in [0.29, 0.717) is 6.54 Å². The highest BCUT2D eigenvalue weighted by molar-refractivity contribution is 6.30. The van der Waals surface area contributed by atoms with E-state index in [9.17, 15) is 0 Å². The van der Waals surface area contributed by atoms with Crippen molar-refractivity contribution in [3.05, 3.63) is 53.1 Å². The normalized spacial score (nSPS) is 12.8. The molecule has 1 unspecified atom stereocenters. The molecule has 0 fully saturated rings. The molecule has 2 N–H and O–H groups in total. The third kappa shape index (κ3) is 3.39. The summed E-state index contributed by atoms with van der Waals surface area (Å²) < 4.78 is 2.13. The molecular weight excluding hydrogens is 272 g/mol. The molecule has 4 nitrogen and oxygen atoms in total. The summed E-state index contributed by atoms with van der Waals surface area (Å²) in [5.41, 5.74) is 8.30. The Bertz CT molecular complexity index is 552. The molecule has 0 amide bonds. The highest BCUT2D eigenvalue weighted by Crippen LogP contribution is 2.21. The Morgan fingerprint density at radius 3 is 2.90 bits per heavy atom. The summed E-state index contributed by atoms with van der Waals surface area (Å²) in [5, 5.41) is 0.763. The fourth-order valence-corrected chi connectivity index (χ4v) is 2.65. The lowest BCUT2D eigenvalue weighted by Crippen LogP contribution is -2.31. The molecule has 1 aromatic carbocycles. The molecule has 1 aromatic heterocycles. The largest absolute Gasteiger partial charge is 0.333 e. The van der Waals surface area contributed by atoms with Gasteiger partial charge >= 0.3 is 0 Å². The molecular formula is C15H21ClN4. The van der Waals surface area contributed by atoms with E-state index >= 15 is 0 Å². The molecule has 2 aromatic rings. The van der Waals surface area contributed by atoms with E-state index in [1.165, 1.54) is 5.56 Å². The first-order valence-electron chi connectivity index (χ1n) is 6.80. The smallest absolute Gasteiger partial charge is 0.0948 e. The minimum Gasteiger partial charge on any atom is -0.333 e. The quantitative estimate of drug-likeness (QED) is 0.890. The van der Waals surface area contributed by atoms with Crippen LogP contribution in [-0.2, 0) is 13.1 Å². The van der Waals surface area contributed by atoms with Crippen LogP contribution in [0, 0.1) is 0 Å². The van der Waals surface area contributed by atoms with Crippen molar-refractivity contribution < 1.29 is 0 Å². The molecule has 0 aliphatic heterocycles. The van der Waals surface area contributed by atoms with Gasteiger partial charge in [-0.15, -0.1) is 0 Å². The van der Waals surface area contributed by atoms with Crippen LogP contribution >= 0.6 is 11.6 Å². The molecule has 0 bridgehead atoms. The SMILES string of the molecule is CCn1cncc1C(CN)N(C)Cc1cccc(Cl)c1. The summed E-state index contributed by atoms with van der Waals surface area (Å²) >= 11 is 6.03. The maximum absolute atomic E-state index is 6.03. The Morgan fingerprint density at radius 2 is 2.25 bits per heavy atom. The average Bonchev–Trinajstić information content (AvgIpc) is 2.88. The Labute approximate surface area is 125 Å². The van der Waals surface area contributed by atoms with Gasteiger partial charge in [-0.3, -0.25) is 4.90 Å². The van der Waals surface area contributed by atoms with E-state index in [2.05, 4.69) is 34.5 Å². The number of aryl methyl sites for hydroxylation is 1. The number of hydrogen-bond donors (Lipinski definition) is 1. The van der Waals surface area contributed by atoms with Crippen LogP contribution in [0.5, 0.6) is 0 Å². The molecule has 1 heterocycles. The van der Waals surface area contributed by atoms with Crippen LogP contribution in [0.2, 0.25) is 5.02 Å². The predicted octanol–water partition coefficient (Wildman–Crippen LogP) is 2.69. The van der Waals surface area contributed by atoms with E-state index in [1.807, 2.05) is 30.7 Å². The van der Waals surface area contributed by atoms with Crippen molar-refractivity contribution in [3.63, 3.8) is 0 Å². The van der Waals surface area contributed by atoms with Gasteiger partial charge in [0.15, 0.2) is 0 Å². The van der Waals surface area contributed by atoms with Gasteiger partial charge in [-0.25, -0.2) is 4.98 Å². The van der Waals surface area contributed by atoms with Gasteiger partial charge in [0.1, 0.15) is 0 Å². The maximum Gasteiger partial charge on any atom is 0.0948 e. The molecule has 0 aliphatic rings. The van der Waals surface area contributed by atoms with Gasteiger partial charge in [0.05, 0.1) is 18.1 Å². The fraction of sp³-hybridized carbons (Fsp3) is 0.400. The molecule has 0 radical (unpaired) electrons. The van der Waals surface area contributed by atoms with Crippen molar-refractivity contribution in [2.45, 2.75) is 26.1 Å². The van der Waals surface area contributed by atoms with Crippen molar-refractivity contribution in [1.29, 1.82) is 0 Å². The Hall–Kier alpha value is -1.36. The van der Waals surface area contributed by atoms with E-state index in [0.717, 1.165) is 23.8 Å². The van der Waals surface area contributed by atoms with Crippen molar-refractivity contribution >= 4 is 11.6 Å². The molecule has 20 heavy (non-hydrogen) atoms. The Balaban J connectivity index is 2.15. The first kappa shape index (κ1) is 15.0. The minimum absolute atomic E-state index is 0.149. The summed E-state index contributed by atoms with van der Waals surface area (Å²) in [7, 11) is 2.07. The van der Waals surface area contributed by atoms with Crippen LogP contribution in [0.25, 0.3) is 0 Å². The van der Waals surface area contributed by atoms with Gasteiger partial charge in [-0.2, -0.15) is 0 Å². The van der Waals surface area contributed by atoms with E-state index < -0.39 is 0 Å². The topological polar surface area (TPSA) is 47.1 Å². The number of hydrogen-bond acceptors (Lipinski definition) is 3. The third-order valence-corrected chi connectivity index (χ3v) is 3.74. The summed E-state index contributed by atoms with van der Waals surface area (Å²) in [4.78, 5) is 6.46. The second-order valence-electron chi connectivity index (χ2n) is 4.90. The first-order chi connectivity index (χ1) is 9.65. The number of aromatic nitrogens is 2. The van der Waals surface area contributed by atoms with Crippen LogP contribution in [0.3, 0.4) is 0 Å². The van der Waals surface area contributed by atoms with Crippen molar-refractivity contribution in [3.8, 4) is 0 Å². The summed E-state index contributed by atoms with van der Waals surface area (Å²) in [5.74, 6) is 0. The van der Waals surface area contributed by atoms with Crippen LogP contribution in [-0.4, -0.2) is 28.0 Å². The maximum atomic E-state index is 6.03. The zero-order valence-corrected chi connectivity index (χ0v) is 12.7. The highest BCUT2D eigenvalue weighted by Gasteiger charge is 2.19. The third-order valence-electron chi connectivity index (χ3n) is 3.50.